The second kappa shape index (κ2) is 8.72. The highest BCUT2D eigenvalue weighted by atomic mass is 16.2. The first-order valence-electron chi connectivity index (χ1n) is 11.9. The number of rotatable bonds is 4. The summed E-state index contributed by atoms with van der Waals surface area (Å²) in [5, 5.41) is 11.3. The van der Waals surface area contributed by atoms with Crippen LogP contribution in [-0.4, -0.2) is 15.0 Å². The van der Waals surface area contributed by atoms with Crippen molar-refractivity contribution in [1.82, 2.24) is 9.13 Å². The van der Waals surface area contributed by atoms with Gasteiger partial charge in [0.2, 0.25) is 0 Å². The van der Waals surface area contributed by atoms with Crippen LogP contribution in [0.1, 0.15) is 27.0 Å². The van der Waals surface area contributed by atoms with Gasteiger partial charge in [0.25, 0.3) is 5.91 Å². The minimum atomic E-state index is -0.0334. The van der Waals surface area contributed by atoms with Crippen molar-refractivity contribution in [2.75, 3.05) is 0 Å². The number of carbonyl (C=O) groups excluding carboxylic acids is 1. The van der Waals surface area contributed by atoms with Crippen LogP contribution in [0.2, 0.25) is 0 Å². The molecule has 2 heterocycles. The van der Waals surface area contributed by atoms with Crippen molar-refractivity contribution < 1.29 is 4.79 Å². The molecule has 0 fully saturated rings. The maximum atomic E-state index is 13.2. The maximum absolute atomic E-state index is 13.2. The van der Waals surface area contributed by atoms with Crippen LogP contribution in [0.25, 0.3) is 32.9 Å². The second-order valence-electron chi connectivity index (χ2n) is 9.16. The van der Waals surface area contributed by atoms with E-state index in [0.717, 1.165) is 45.2 Å². The summed E-state index contributed by atoms with van der Waals surface area (Å²) in [5.74, 6) is -0.0334. The Hall–Kier alpha value is -4.88. The number of nitrogens with zero attached hydrogens (tertiary/aromatic N) is 3. The Morgan fingerprint density at radius 2 is 1.39 bits per heavy atom. The molecule has 0 amide bonds. The standard InChI is InChI=1S/C32H23N3O/c1-22-2-8-27(9-3-22)32(36)35-17-15-26-11-13-29(19-31(26)35)28-12-10-25-14-16-34(30(25)18-28)21-24-6-4-23(20-33)5-7-24/h2-19H,21H2,1H3. The van der Waals surface area contributed by atoms with Gasteiger partial charge in [0, 0.05) is 35.4 Å². The molecular weight excluding hydrogens is 442 g/mol. The summed E-state index contributed by atoms with van der Waals surface area (Å²) in [6, 6.07) is 34.4. The van der Waals surface area contributed by atoms with E-state index in [2.05, 4.69) is 59.3 Å². The molecule has 4 aromatic carbocycles. The molecule has 0 N–H and O–H groups in total. The van der Waals surface area contributed by atoms with Crippen LogP contribution in [0.3, 0.4) is 0 Å². The molecule has 0 atom stereocenters. The molecule has 0 spiro atoms. The van der Waals surface area contributed by atoms with Crippen LogP contribution < -0.4 is 0 Å². The predicted molar refractivity (Wildman–Crippen MR) is 144 cm³/mol. The molecule has 4 nitrogen and oxygen atoms in total. The van der Waals surface area contributed by atoms with Gasteiger partial charge in [-0.2, -0.15) is 5.26 Å². The molecule has 0 saturated heterocycles. The molecule has 0 aliphatic heterocycles. The summed E-state index contributed by atoms with van der Waals surface area (Å²) in [7, 11) is 0. The lowest BCUT2D eigenvalue weighted by Gasteiger charge is -2.09. The lowest BCUT2D eigenvalue weighted by molar-refractivity contribution is 0.0965. The van der Waals surface area contributed by atoms with Crippen LogP contribution >= 0.6 is 0 Å². The molecule has 0 unspecified atom stereocenters. The van der Waals surface area contributed by atoms with Crippen molar-refractivity contribution in [3.8, 4) is 17.2 Å². The zero-order valence-corrected chi connectivity index (χ0v) is 19.8. The first kappa shape index (κ1) is 21.6. The van der Waals surface area contributed by atoms with E-state index >= 15 is 0 Å². The topological polar surface area (TPSA) is 50.7 Å². The summed E-state index contributed by atoms with van der Waals surface area (Å²) in [4.78, 5) is 13.2. The number of aromatic nitrogens is 2. The molecule has 2 aromatic heterocycles. The quantitative estimate of drug-likeness (QED) is 0.277. The smallest absolute Gasteiger partial charge is 0.262 e. The summed E-state index contributed by atoms with van der Waals surface area (Å²) in [6.45, 7) is 2.74. The molecule has 0 aliphatic carbocycles. The first-order valence-corrected chi connectivity index (χ1v) is 11.9. The van der Waals surface area contributed by atoms with Gasteiger partial charge in [0.15, 0.2) is 0 Å². The molecule has 36 heavy (non-hydrogen) atoms. The van der Waals surface area contributed by atoms with Crippen LogP contribution in [0.15, 0.2) is 109 Å². The Balaban J connectivity index is 1.37. The van der Waals surface area contributed by atoms with Gasteiger partial charge in [-0.15, -0.1) is 0 Å². The Labute approximate surface area is 209 Å². The van der Waals surface area contributed by atoms with Crippen molar-refractivity contribution in [2.24, 2.45) is 0 Å². The van der Waals surface area contributed by atoms with E-state index in [1.165, 1.54) is 5.39 Å². The fourth-order valence-corrected chi connectivity index (χ4v) is 4.70. The molecule has 0 radical (unpaired) electrons. The van der Waals surface area contributed by atoms with E-state index in [-0.39, 0.29) is 5.91 Å². The van der Waals surface area contributed by atoms with E-state index in [1.807, 2.05) is 67.7 Å². The predicted octanol–water partition coefficient (Wildman–Crippen LogP) is 7.18. The van der Waals surface area contributed by atoms with E-state index < -0.39 is 0 Å². The highest BCUT2D eigenvalue weighted by Gasteiger charge is 2.13. The molecule has 6 rings (SSSR count). The Kier molecular flexibility index (Phi) is 5.24. The normalized spacial score (nSPS) is 11.1. The van der Waals surface area contributed by atoms with Gasteiger partial charge in [-0.1, -0.05) is 54.1 Å². The number of fused-ring (bicyclic) bond motifs is 2. The van der Waals surface area contributed by atoms with Crippen molar-refractivity contribution in [1.29, 1.82) is 5.26 Å². The van der Waals surface area contributed by atoms with Crippen LogP contribution in [-0.2, 0) is 6.54 Å². The number of hydrogen-bond donors (Lipinski definition) is 0. The lowest BCUT2D eigenvalue weighted by atomic mass is 10.0. The van der Waals surface area contributed by atoms with E-state index in [0.29, 0.717) is 11.1 Å². The lowest BCUT2D eigenvalue weighted by Crippen LogP contribution is -2.10. The van der Waals surface area contributed by atoms with Gasteiger partial charge in [0.05, 0.1) is 17.1 Å². The highest BCUT2D eigenvalue weighted by molar-refractivity contribution is 6.03. The number of aryl methyl sites for hydroxylation is 1. The van der Waals surface area contributed by atoms with Crippen molar-refractivity contribution in [2.45, 2.75) is 13.5 Å². The second-order valence-corrected chi connectivity index (χ2v) is 9.16. The summed E-state index contributed by atoms with van der Waals surface area (Å²) in [5.41, 5.74) is 7.81. The minimum absolute atomic E-state index is 0.0334. The van der Waals surface area contributed by atoms with Gasteiger partial charge < -0.3 is 4.57 Å². The highest BCUT2D eigenvalue weighted by Crippen LogP contribution is 2.29. The number of hydrogen-bond acceptors (Lipinski definition) is 2. The molecule has 6 aromatic rings. The van der Waals surface area contributed by atoms with Crippen molar-refractivity contribution in [3.05, 3.63) is 132 Å². The van der Waals surface area contributed by atoms with Crippen LogP contribution in [0.4, 0.5) is 0 Å². The minimum Gasteiger partial charge on any atom is -0.343 e. The van der Waals surface area contributed by atoms with Crippen molar-refractivity contribution >= 4 is 27.7 Å². The zero-order valence-electron chi connectivity index (χ0n) is 19.8. The number of carbonyl (C=O) groups is 1. The Morgan fingerprint density at radius 1 is 0.750 bits per heavy atom. The fourth-order valence-electron chi connectivity index (χ4n) is 4.70. The Bertz CT molecular complexity index is 1780. The summed E-state index contributed by atoms with van der Waals surface area (Å²) < 4.78 is 3.96. The third kappa shape index (κ3) is 3.87. The molecular formula is C32H23N3O. The van der Waals surface area contributed by atoms with E-state index in [9.17, 15) is 4.79 Å². The monoisotopic (exact) mass is 465 g/mol. The SMILES string of the molecule is Cc1ccc(C(=O)n2ccc3ccc(-c4ccc5ccn(Cc6ccc(C#N)cc6)c5c4)cc32)cc1. The number of benzene rings is 4. The third-order valence-corrected chi connectivity index (χ3v) is 6.75. The van der Waals surface area contributed by atoms with Gasteiger partial charge in [0.1, 0.15) is 0 Å². The zero-order chi connectivity index (χ0) is 24.6. The third-order valence-electron chi connectivity index (χ3n) is 6.75. The fraction of sp³-hybridized carbons (Fsp3) is 0.0625. The molecule has 0 saturated carbocycles. The summed E-state index contributed by atoms with van der Waals surface area (Å²) >= 11 is 0. The Morgan fingerprint density at radius 3 is 2.08 bits per heavy atom. The van der Waals surface area contributed by atoms with E-state index in [4.69, 9.17) is 5.26 Å². The average molecular weight is 466 g/mol. The van der Waals surface area contributed by atoms with Crippen LogP contribution in [0.5, 0.6) is 0 Å². The van der Waals surface area contributed by atoms with Gasteiger partial charge >= 0.3 is 0 Å². The average Bonchev–Trinajstić information content (AvgIpc) is 3.52. The summed E-state index contributed by atoms with van der Waals surface area (Å²) in [6.07, 6.45) is 3.95. The number of nitriles is 1. The first-order chi connectivity index (χ1) is 17.6. The molecule has 0 aliphatic rings. The molecule has 172 valence electrons. The maximum Gasteiger partial charge on any atom is 0.262 e. The van der Waals surface area contributed by atoms with Crippen LogP contribution in [0, 0.1) is 18.3 Å². The molecule has 4 heteroatoms. The molecule has 0 bridgehead atoms. The van der Waals surface area contributed by atoms with Gasteiger partial charge in [-0.05, 0) is 77.5 Å². The van der Waals surface area contributed by atoms with Gasteiger partial charge in [-0.25, -0.2) is 0 Å². The van der Waals surface area contributed by atoms with Crippen molar-refractivity contribution in [3.63, 3.8) is 0 Å². The van der Waals surface area contributed by atoms with Gasteiger partial charge in [-0.3, -0.25) is 9.36 Å². The van der Waals surface area contributed by atoms with E-state index in [1.54, 1.807) is 4.57 Å². The largest absolute Gasteiger partial charge is 0.343 e.